The Morgan fingerprint density at radius 1 is 1.09 bits per heavy atom. The van der Waals surface area contributed by atoms with Gasteiger partial charge in [-0.2, -0.15) is 0 Å². The number of amidine groups is 1. The molecule has 0 amide bonds. The Morgan fingerprint density at radius 2 is 1.59 bits per heavy atom. The molecule has 0 unspecified atom stereocenters. The highest BCUT2D eigenvalue weighted by Gasteiger charge is 2.29. The molecule has 1 aromatic rings. The van der Waals surface area contributed by atoms with Crippen LogP contribution < -0.4 is 10.5 Å². The van der Waals surface area contributed by atoms with Gasteiger partial charge in [0, 0.05) is 5.92 Å². The quantitative estimate of drug-likeness (QED) is 0.387. The van der Waals surface area contributed by atoms with Crippen LogP contribution in [0.2, 0.25) is 0 Å². The molecule has 0 spiro atoms. The van der Waals surface area contributed by atoms with Crippen molar-refractivity contribution in [2.24, 2.45) is 17.6 Å². The minimum atomic E-state index is -0.162. The van der Waals surface area contributed by atoms with E-state index in [0.29, 0.717) is 5.75 Å². The van der Waals surface area contributed by atoms with Crippen molar-refractivity contribution in [2.75, 3.05) is 0 Å². The molecule has 1 aliphatic rings. The van der Waals surface area contributed by atoms with Crippen LogP contribution in [0.25, 0.3) is 0 Å². The first-order chi connectivity index (χ1) is 10.3. The fourth-order valence-electron chi connectivity index (χ4n) is 2.86. The number of ether oxygens (including phenoxy) is 1. The number of nitrogens with one attached hydrogen (secondary N) is 1. The zero-order valence-electron chi connectivity index (χ0n) is 13.7. The van der Waals surface area contributed by atoms with Crippen LogP contribution in [0.5, 0.6) is 5.75 Å². The van der Waals surface area contributed by atoms with Crippen molar-refractivity contribution >= 4 is 11.8 Å². The molecule has 120 valence electrons. The van der Waals surface area contributed by atoms with Crippen molar-refractivity contribution < 1.29 is 9.53 Å². The van der Waals surface area contributed by atoms with Gasteiger partial charge in [-0.1, -0.05) is 32.9 Å². The molecule has 1 saturated carbocycles. The second kappa shape index (κ2) is 6.51. The SMILES string of the molecule is CC(C)(C)c1ccc(OC(=O)C2CCC(C(=N)N)CC2)cc1. The third kappa shape index (κ3) is 4.09. The summed E-state index contributed by atoms with van der Waals surface area (Å²) in [6, 6.07) is 7.74. The highest BCUT2D eigenvalue weighted by Crippen LogP contribution is 2.30. The van der Waals surface area contributed by atoms with Gasteiger partial charge in [0.25, 0.3) is 0 Å². The van der Waals surface area contributed by atoms with E-state index in [1.165, 1.54) is 5.56 Å². The van der Waals surface area contributed by atoms with Gasteiger partial charge in [0.1, 0.15) is 5.75 Å². The summed E-state index contributed by atoms with van der Waals surface area (Å²) in [7, 11) is 0. The lowest BCUT2D eigenvalue weighted by Gasteiger charge is -2.26. The van der Waals surface area contributed by atoms with Crippen LogP contribution >= 0.6 is 0 Å². The van der Waals surface area contributed by atoms with E-state index in [9.17, 15) is 4.79 Å². The van der Waals surface area contributed by atoms with Gasteiger partial charge in [0.05, 0.1) is 11.8 Å². The number of rotatable bonds is 3. The van der Waals surface area contributed by atoms with Crippen LogP contribution in [0.1, 0.15) is 52.0 Å². The fourth-order valence-corrected chi connectivity index (χ4v) is 2.86. The number of carbonyl (C=O) groups is 1. The van der Waals surface area contributed by atoms with E-state index in [0.717, 1.165) is 25.7 Å². The Bertz CT molecular complexity index is 535. The predicted molar refractivity (Wildman–Crippen MR) is 88.1 cm³/mol. The fraction of sp³-hybridized carbons (Fsp3) is 0.556. The summed E-state index contributed by atoms with van der Waals surface area (Å²) < 4.78 is 5.49. The molecule has 1 fully saturated rings. The third-order valence-electron chi connectivity index (χ3n) is 4.44. The summed E-state index contributed by atoms with van der Waals surface area (Å²) in [5, 5.41) is 7.47. The molecular weight excluding hydrogens is 276 g/mol. The molecule has 22 heavy (non-hydrogen) atoms. The Balaban J connectivity index is 1.91. The molecule has 2 rings (SSSR count). The van der Waals surface area contributed by atoms with Gasteiger partial charge in [-0.3, -0.25) is 10.2 Å². The van der Waals surface area contributed by atoms with Crippen LogP contribution in [0, 0.1) is 17.2 Å². The number of benzene rings is 1. The van der Waals surface area contributed by atoms with Crippen LogP contribution in [0.4, 0.5) is 0 Å². The van der Waals surface area contributed by atoms with Crippen molar-refractivity contribution in [2.45, 2.75) is 51.9 Å². The van der Waals surface area contributed by atoms with E-state index in [1.807, 2.05) is 24.3 Å². The van der Waals surface area contributed by atoms with Gasteiger partial charge in [-0.25, -0.2) is 0 Å². The third-order valence-corrected chi connectivity index (χ3v) is 4.44. The first kappa shape index (κ1) is 16.5. The maximum absolute atomic E-state index is 12.2. The van der Waals surface area contributed by atoms with Crippen molar-refractivity contribution in [3.63, 3.8) is 0 Å². The number of hydrogen-bond donors (Lipinski definition) is 2. The molecule has 0 radical (unpaired) electrons. The van der Waals surface area contributed by atoms with Crippen LogP contribution in [-0.4, -0.2) is 11.8 Å². The van der Waals surface area contributed by atoms with Gasteiger partial charge < -0.3 is 10.5 Å². The molecule has 4 nitrogen and oxygen atoms in total. The second-order valence-corrected chi connectivity index (χ2v) is 7.20. The van der Waals surface area contributed by atoms with Crippen LogP contribution in [-0.2, 0) is 10.2 Å². The monoisotopic (exact) mass is 302 g/mol. The Kier molecular flexibility index (Phi) is 4.89. The molecule has 0 aliphatic heterocycles. The molecule has 4 heteroatoms. The average molecular weight is 302 g/mol. The lowest BCUT2D eigenvalue weighted by atomic mass is 9.81. The standard InChI is InChI=1S/C18H26N2O2/c1-18(2,3)14-8-10-15(11-9-14)22-17(21)13-6-4-12(5-7-13)16(19)20/h8-13H,4-7H2,1-3H3,(H3,19,20). The molecule has 0 aromatic heterocycles. The van der Waals surface area contributed by atoms with Crippen molar-refractivity contribution in [3.8, 4) is 5.75 Å². The van der Waals surface area contributed by atoms with Crippen molar-refractivity contribution in [1.82, 2.24) is 0 Å². The van der Waals surface area contributed by atoms with E-state index in [-0.39, 0.29) is 29.1 Å². The Morgan fingerprint density at radius 3 is 2.05 bits per heavy atom. The molecule has 0 bridgehead atoms. The minimum Gasteiger partial charge on any atom is -0.426 e. The summed E-state index contributed by atoms with van der Waals surface area (Å²) in [5.74, 6) is 0.745. The Hall–Kier alpha value is -1.84. The molecule has 0 heterocycles. The van der Waals surface area contributed by atoms with E-state index in [2.05, 4.69) is 20.8 Å². The highest BCUT2D eigenvalue weighted by atomic mass is 16.5. The summed E-state index contributed by atoms with van der Waals surface area (Å²) in [6.45, 7) is 6.46. The average Bonchev–Trinajstić information content (AvgIpc) is 2.47. The summed E-state index contributed by atoms with van der Waals surface area (Å²) >= 11 is 0. The second-order valence-electron chi connectivity index (χ2n) is 7.20. The van der Waals surface area contributed by atoms with Crippen LogP contribution in [0.15, 0.2) is 24.3 Å². The molecular formula is C18H26N2O2. The number of carbonyl (C=O) groups excluding carboxylic acids is 1. The normalized spacial score (nSPS) is 22.1. The maximum atomic E-state index is 12.2. The molecule has 3 N–H and O–H groups in total. The van der Waals surface area contributed by atoms with Gasteiger partial charge in [0.15, 0.2) is 0 Å². The largest absolute Gasteiger partial charge is 0.426 e. The molecule has 0 atom stereocenters. The van der Waals surface area contributed by atoms with Gasteiger partial charge >= 0.3 is 5.97 Å². The number of hydrogen-bond acceptors (Lipinski definition) is 3. The smallest absolute Gasteiger partial charge is 0.314 e. The Labute approximate surface area is 132 Å². The first-order valence-corrected chi connectivity index (χ1v) is 7.93. The summed E-state index contributed by atoms with van der Waals surface area (Å²) in [4.78, 5) is 12.2. The molecule has 1 aromatic carbocycles. The van der Waals surface area contributed by atoms with Crippen LogP contribution in [0.3, 0.4) is 0 Å². The molecule has 1 aliphatic carbocycles. The van der Waals surface area contributed by atoms with E-state index in [4.69, 9.17) is 15.9 Å². The van der Waals surface area contributed by atoms with E-state index in [1.54, 1.807) is 0 Å². The maximum Gasteiger partial charge on any atom is 0.314 e. The van der Waals surface area contributed by atoms with Gasteiger partial charge in [-0.05, 0) is 48.8 Å². The van der Waals surface area contributed by atoms with Gasteiger partial charge in [-0.15, -0.1) is 0 Å². The predicted octanol–water partition coefficient (Wildman–Crippen LogP) is 3.63. The topological polar surface area (TPSA) is 76.2 Å². The number of esters is 1. The van der Waals surface area contributed by atoms with Gasteiger partial charge in [0.2, 0.25) is 0 Å². The first-order valence-electron chi connectivity index (χ1n) is 7.93. The minimum absolute atomic E-state index is 0.0714. The zero-order valence-corrected chi connectivity index (χ0v) is 13.7. The summed E-state index contributed by atoms with van der Waals surface area (Å²) in [6.07, 6.45) is 3.11. The van der Waals surface area contributed by atoms with Crippen molar-refractivity contribution in [1.29, 1.82) is 5.41 Å². The zero-order chi connectivity index (χ0) is 16.3. The van der Waals surface area contributed by atoms with E-state index >= 15 is 0 Å². The van der Waals surface area contributed by atoms with Crippen molar-refractivity contribution in [3.05, 3.63) is 29.8 Å². The molecule has 0 saturated heterocycles. The lowest BCUT2D eigenvalue weighted by molar-refractivity contribution is -0.140. The van der Waals surface area contributed by atoms with E-state index < -0.39 is 0 Å². The lowest BCUT2D eigenvalue weighted by Crippen LogP contribution is -2.31. The highest BCUT2D eigenvalue weighted by molar-refractivity contribution is 5.80. The summed E-state index contributed by atoms with van der Waals surface area (Å²) in [5.41, 5.74) is 6.84. The number of nitrogens with two attached hydrogens (primary N) is 1.